The van der Waals surface area contributed by atoms with E-state index in [-0.39, 0.29) is 10.6 Å². The summed E-state index contributed by atoms with van der Waals surface area (Å²) in [4.78, 5) is 12.5. The normalized spacial score (nSPS) is 10.5. The molecule has 1 N–H and O–H groups in total. The van der Waals surface area contributed by atoms with E-state index in [1.807, 2.05) is 36.4 Å². The molecule has 1 heterocycles. The minimum atomic E-state index is -0.362. The average Bonchev–Trinajstić information content (AvgIpc) is 2.71. The van der Waals surface area contributed by atoms with Crippen LogP contribution in [0.2, 0.25) is 5.02 Å². The molecule has 0 unspecified atom stereocenters. The van der Waals surface area contributed by atoms with Crippen LogP contribution in [0, 0.1) is 0 Å². The average molecular weight is 386 g/mol. The highest BCUT2D eigenvalue weighted by Gasteiger charge is 2.10. The minimum Gasteiger partial charge on any atom is -0.493 e. The molecule has 3 aromatic rings. The number of halogens is 1. The van der Waals surface area contributed by atoms with E-state index in [9.17, 15) is 4.79 Å². The lowest BCUT2D eigenvalue weighted by atomic mass is 10.1. The van der Waals surface area contributed by atoms with Crippen LogP contribution < -0.4 is 20.3 Å². The molecule has 1 aromatic heterocycles. The highest BCUT2D eigenvalue weighted by atomic mass is 35.5. The zero-order chi connectivity index (χ0) is 19.2. The second-order valence-corrected chi connectivity index (χ2v) is 6.17. The number of benzene rings is 2. The van der Waals surface area contributed by atoms with Gasteiger partial charge in [-0.3, -0.25) is 4.79 Å². The Kier molecular flexibility index (Phi) is 5.98. The van der Waals surface area contributed by atoms with Gasteiger partial charge in [-0.1, -0.05) is 35.9 Å². The van der Waals surface area contributed by atoms with Crippen LogP contribution in [0.5, 0.6) is 11.5 Å². The highest BCUT2D eigenvalue weighted by molar-refractivity contribution is 6.32. The summed E-state index contributed by atoms with van der Waals surface area (Å²) in [5.41, 5.74) is 1.89. The first-order valence-corrected chi connectivity index (χ1v) is 8.80. The van der Waals surface area contributed by atoms with Crippen molar-refractivity contribution >= 4 is 17.3 Å². The number of hydrogen-bond donors (Lipinski definition) is 1. The molecule has 27 heavy (non-hydrogen) atoms. The van der Waals surface area contributed by atoms with Crippen LogP contribution in [0.3, 0.4) is 0 Å². The maximum atomic E-state index is 12.5. The van der Waals surface area contributed by atoms with Crippen LogP contribution in [-0.2, 0) is 6.42 Å². The lowest BCUT2D eigenvalue weighted by Gasteiger charge is -2.12. The number of aromatic nitrogens is 2. The van der Waals surface area contributed by atoms with E-state index in [0.717, 1.165) is 12.0 Å². The molecule has 0 aliphatic rings. The van der Waals surface area contributed by atoms with E-state index >= 15 is 0 Å². The van der Waals surface area contributed by atoms with E-state index in [0.29, 0.717) is 29.4 Å². The Balaban J connectivity index is 1.70. The van der Waals surface area contributed by atoms with Gasteiger partial charge in [0.05, 0.1) is 31.8 Å². The molecule has 2 aromatic carbocycles. The first kappa shape index (κ1) is 18.8. The third-order valence-electron chi connectivity index (χ3n) is 4.10. The van der Waals surface area contributed by atoms with Gasteiger partial charge in [0.25, 0.3) is 5.56 Å². The molecular formula is C20H20ClN3O3. The zero-order valence-corrected chi connectivity index (χ0v) is 15.9. The van der Waals surface area contributed by atoms with E-state index in [1.54, 1.807) is 32.5 Å². The number of nitrogens with one attached hydrogen (secondary N) is 1. The van der Waals surface area contributed by atoms with Crippen LogP contribution in [-0.4, -0.2) is 30.5 Å². The lowest BCUT2D eigenvalue weighted by molar-refractivity contribution is 0.354. The quantitative estimate of drug-likeness (QED) is 0.673. The predicted octanol–water partition coefficient (Wildman–Crippen LogP) is 3.56. The van der Waals surface area contributed by atoms with Gasteiger partial charge in [-0.2, -0.15) is 9.78 Å². The summed E-state index contributed by atoms with van der Waals surface area (Å²) in [6.07, 6.45) is 2.28. The third-order valence-corrected chi connectivity index (χ3v) is 4.46. The van der Waals surface area contributed by atoms with E-state index < -0.39 is 0 Å². The van der Waals surface area contributed by atoms with Crippen molar-refractivity contribution in [2.45, 2.75) is 6.42 Å². The van der Waals surface area contributed by atoms with Crippen molar-refractivity contribution in [3.05, 3.63) is 75.7 Å². The van der Waals surface area contributed by atoms with Crippen molar-refractivity contribution in [3.63, 3.8) is 0 Å². The number of hydrogen-bond acceptors (Lipinski definition) is 5. The van der Waals surface area contributed by atoms with Crippen molar-refractivity contribution < 1.29 is 9.47 Å². The number of para-hydroxylation sites is 1. The monoisotopic (exact) mass is 385 g/mol. The van der Waals surface area contributed by atoms with Gasteiger partial charge in [0, 0.05) is 6.54 Å². The Morgan fingerprint density at radius 1 is 1.07 bits per heavy atom. The van der Waals surface area contributed by atoms with Crippen molar-refractivity contribution in [1.29, 1.82) is 0 Å². The van der Waals surface area contributed by atoms with Gasteiger partial charge in [0.15, 0.2) is 11.5 Å². The summed E-state index contributed by atoms with van der Waals surface area (Å²) in [6.45, 7) is 0.589. The van der Waals surface area contributed by atoms with Gasteiger partial charge in [0.2, 0.25) is 0 Å². The fourth-order valence-corrected chi connectivity index (χ4v) is 2.88. The van der Waals surface area contributed by atoms with Crippen molar-refractivity contribution in [2.24, 2.45) is 0 Å². The van der Waals surface area contributed by atoms with E-state index in [1.165, 1.54) is 4.68 Å². The third kappa shape index (κ3) is 4.23. The Morgan fingerprint density at radius 3 is 2.52 bits per heavy atom. The molecule has 0 aliphatic carbocycles. The predicted molar refractivity (Wildman–Crippen MR) is 107 cm³/mol. The Bertz CT molecular complexity index is 974. The smallest absolute Gasteiger partial charge is 0.292 e. The van der Waals surface area contributed by atoms with Crippen LogP contribution in [0.15, 0.2) is 59.5 Å². The van der Waals surface area contributed by atoms with Gasteiger partial charge in [0.1, 0.15) is 5.02 Å². The van der Waals surface area contributed by atoms with Gasteiger partial charge >= 0.3 is 0 Å². The fraction of sp³-hybridized carbons (Fsp3) is 0.200. The van der Waals surface area contributed by atoms with Gasteiger partial charge in [-0.15, -0.1) is 0 Å². The Labute approximate surface area is 162 Å². The largest absolute Gasteiger partial charge is 0.493 e. The van der Waals surface area contributed by atoms with Crippen molar-refractivity contribution in [3.8, 4) is 17.2 Å². The van der Waals surface area contributed by atoms with Crippen LogP contribution in [0.1, 0.15) is 5.56 Å². The number of methoxy groups -OCH3 is 2. The van der Waals surface area contributed by atoms with Gasteiger partial charge in [-0.25, -0.2) is 0 Å². The molecule has 0 radical (unpaired) electrons. The van der Waals surface area contributed by atoms with Crippen LogP contribution >= 0.6 is 11.6 Å². The van der Waals surface area contributed by atoms with E-state index in [4.69, 9.17) is 21.1 Å². The SMILES string of the molecule is COc1ccc(CCNc2cnn(-c3ccccc3)c(=O)c2Cl)cc1OC. The van der Waals surface area contributed by atoms with Crippen molar-refractivity contribution in [2.75, 3.05) is 26.1 Å². The molecular weight excluding hydrogens is 366 g/mol. The molecule has 0 fully saturated rings. The molecule has 0 spiro atoms. The van der Waals surface area contributed by atoms with Gasteiger partial charge < -0.3 is 14.8 Å². The summed E-state index contributed by atoms with van der Waals surface area (Å²) in [5, 5.41) is 7.49. The molecule has 3 rings (SSSR count). The summed E-state index contributed by atoms with van der Waals surface area (Å²) >= 11 is 6.24. The van der Waals surface area contributed by atoms with Crippen LogP contribution in [0.4, 0.5) is 5.69 Å². The topological polar surface area (TPSA) is 65.4 Å². The number of nitrogens with zero attached hydrogens (tertiary/aromatic N) is 2. The fourth-order valence-electron chi connectivity index (χ4n) is 2.69. The highest BCUT2D eigenvalue weighted by Crippen LogP contribution is 2.27. The number of ether oxygens (including phenoxy) is 2. The van der Waals surface area contributed by atoms with Crippen LogP contribution in [0.25, 0.3) is 5.69 Å². The minimum absolute atomic E-state index is 0.112. The number of anilines is 1. The summed E-state index contributed by atoms with van der Waals surface area (Å²) in [6, 6.07) is 14.9. The maximum absolute atomic E-state index is 12.5. The zero-order valence-electron chi connectivity index (χ0n) is 15.1. The molecule has 7 heteroatoms. The molecule has 140 valence electrons. The standard InChI is InChI=1S/C20H20ClN3O3/c1-26-17-9-8-14(12-18(17)27-2)10-11-22-16-13-23-24(20(25)19(16)21)15-6-4-3-5-7-15/h3-9,12-13,22H,10-11H2,1-2H3. The molecule has 0 saturated heterocycles. The van der Waals surface area contributed by atoms with Crippen molar-refractivity contribution in [1.82, 2.24) is 9.78 Å². The van der Waals surface area contributed by atoms with E-state index in [2.05, 4.69) is 10.4 Å². The number of rotatable bonds is 7. The molecule has 0 saturated carbocycles. The van der Waals surface area contributed by atoms with Gasteiger partial charge in [-0.05, 0) is 36.2 Å². The maximum Gasteiger partial charge on any atom is 0.292 e. The molecule has 0 bridgehead atoms. The molecule has 0 amide bonds. The Morgan fingerprint density at radius 2 is 1.81 bits per heavy atom. The molecule has 0 aliphatic heterocycles. The molecule has 0 atom stereocenters. The Hall–Kier alpha value is -2.99. The summed E-state index contributed by atoms with van der Waals surface area (Å²) < 4.78 is 11.8. The second kappa shape index (κ2) is 8.60. The molecule has 6 nitrogen and oxygen atoms in total. The lowest BCUT2D eigenvalue weighted by Crippen LogP contribution is -2.23. The summed E-state index contributed by atoms with van der Waals surface area (Å²) in [5.74, 6) is 1.37. The summed E-state index contributed by atoms with van der Waals surface area (Å²) in [7, 11) is 3.21. The first-order valence-electron chi connectivity index (χ1n) is 8.42. The first-order chi connectivity index (χ1) is 13.1. The second-order valence-electron chi connectivity index (χ2n) is 5.79.